The molecule has 1 N–H and O–H groups in total. The minimum Gasteiger partial charge on any atom is -0.380 e. The normalized spacial score (nSPS) is 16.5. The first kappa shape index (κ1) is 12.8. The van der Waals surface area contributed by atoms with Gasteiger partial charge in [-0.3, -0.25) is 0 Å². The zero-order valence-corrected chi connectivity index (χ0v) is 12.0. The quantitative estimate of drug-likeness (QED) is 0.944. The lowest BCUT2D eigenvalue weighted by Gasteiger charge is -2.25. The van der Waals surface area contributed by atoms with E-state index in [4.69, 9.17) is 11.6 Å². The van der Waals surface area contributed by atoms with Gasteiger partial charge in [-0.15, -0.1) is 0 Å². The molecule has 6 heteroatoms. The lowest BCUT2D eigenvalue weighted by Crippen LogP contribution is -2.25. The van der Waals surface area contributed by atoms with Gasteiger partial charge in [0.1, 0.15) is 18.3 Å². The number of thioether (sulfide) groups is 1. The summed E-state index contributed by atoms with van der Waals surface area (Å²) in [6.45, 7) is 0. The Morgan fingerprint density at radius 2 is 2.16 bits per heavy atom. The minimum absolute atomic E-state index is 0.516. The highest BCUT2D eigenvalue weighted by Crippen LogP contribution is 2.30. The van der Waals surface area contributed by atoms with Crippen molar-refractivity contribution in [2.45, 2.75) is 18.9 Å². The summed E-state index contributed by atoms with van der Waals surface area (Å²) in [5, 5.41) is 8.45. The highest BCUT2D eigenvalue weighted by molar-refractivity contribution is 7.99. The number of benzene rings is 1. The van der Waals surface area contributed by atoms with Crippen molar-refractivity contribution in [2.75, 3.05) is 16.8 Å². The van der Waals surface area contributed by atoms with Crippen molar-refractivity contribution in [1.29, 1.82) is 0 Å². The van der Waals surface area contributed by atoms with Crippen LogP contribution in [0.5, 0.6) is 0 Å². The second kappa shape index (κ2) is 5.84. The van der Waals surface area contributed by atoms with Crippen molar-refractivity contribution in [2.24, 2.45) is 0 Å². The van der Waals surface area contributed by atoms with Gasteiger partial charge >= 0.3 is 0 Å². The summed E-state index contributed by atoms with van der Waals surface area (Å²) in [6.07, 6.45) is 5.56. The summed E-state index contributed by atoms with van der Waals surface area (Å²) >= 11 is 8.33. The van der Waals surface area contributed by atoms with E-state index in [9.17, 15) is 0 Å². The Morgan fingerprint density at radius 3 is 2.89 bits per heavy atom. The van der Waals surface area contributed by atoms with E-state index in [0.717, 1.165) is 11.4 Å². The molecule has 3 rings (SSSR count). The van der Waals surface area contributed by atoms with Gasteiger partial charge in [0, 0.05) is 6.04 Å². The van der Waals surface area contributed by atoms with E-state index < -0.39 is 0 Å². The summed E-state index contributed by atoms with van der Waals surface area (Å²) < 4.78 is 1.71. The fourth-order valence-electron chi connectivity index (χ4n) is 2.25. The van der Waals surface area contributed by atoms with Crippen LogP contribution < -0.4 is 5.32 Å². The zero-order valence-electron chi connectivity index (χ0n) is 10.4. The maximum absolute atomic E-state index is 6.31. The van der Waals surface area contributed by atoms with Gasteiger partial charge in [-0.2, -0.15) is 16.9 Å². The van der Waals surface area contributed by atoms with Crippen LogP contribution in [0.25, 0.3) is 5.69 Å². The highest BCUT2D eigenvalue weighted by atomic mass is 35.5. The molecule has 19 heavy (non-hydrogen) atoms. The maximum Gasteiger partial charge on any atom is 0.138 e. The third-order valence-corrected chi connectivity index (χ3v) is 4.57. The summed E-state index contributed by atoms with van der Waals surface area (Å²) in [7, 11) is 0. The van der Waals surface area contributed by atoms with Crippen LogP contribution in [0.3, 0.4) is 0 Å². The van der Waals surface area contributed by atoms with Crippen LogP contribution in [0.2, 0.25) is 5.02 Å². The third kappa shape index (κ3) is 2.87. The van der Waals surface area contributed by atoms with Crippen LogP contribution in [-0.4, -0.2) is 32.3 Å². The van der Waals surface area contributed by atoms with Crippen LogP contribution in [0.1, 0.15) is 12.8 Å². The molecule has 0 bridgehead atoms. The highest BCUT2D eigenvalue weighted by Gasteiger charge is 2.16. The number of hydrogen-bond acceptors (Lipinski definition) is 4. The average molecular weight is 295 g/mol. The standard InChI is InChI=1S/C13H15ClN4S/c14-11-2-1-3-12(13(11)18-9-15-8-16-18)17-10-4-6-19-7-5-10/h1-3,8-10,17H,4-7H2. The first-order chi connectivity index (χ1) is 9.34. The maximum atomic E-state index is 6.31. The molecular formula is C13H15ClN4S. The van der Waals surface area contributed by atoms with Gasteiger partial charge in [0.2, 0.25) is 0 Å². The molecule has 0 radical (unpaired) electrons. The fraction of sp³-hybridized carbons (Fsp3) is 0.385. The van der Waals surface area contributed by atoms with E-state index in [1.165, 1.54) is 30.7 Å². The number of anilines is 1. The van der Waals surface area contributed by atoms with Gasteiger partial charge in [0.25, 0.3) is 0 Å². The van der Waals surface area contributed by atoms with Crippen molar-refractivity contribution < 1.29 is 0 Å². The molecule has 1 fully saturated rings. The van der Waals surface area contributed by atoms with Crippen LogP contribution >= 0.6 is 23.4 Å². The first-order valence-electron chi connectivity index (χ1n) is 6.32. The van der Waals surface area contributed by atoms with Gasteiger partial charge in [-0.25, -0.2) is 9.67 Å². The number of rotatable bonds is 3. The molecule has 0 atom stereocenters. The molecule has 1 aromatic carbocycles. The number of halogens is 1. The van der Waals surface area contributed by atoms with Gasteiger partial charge in [0.05, 0.1) is 10.7 Å². The molecule has 0 spiro atoms. The van der Waals surface area contributed by atoms with E-state index in [1.807, 2.05) is 30.0 Å². The average Bonchev–Trinajstić information content (AvgIpc) is 2.94. The lowest BCUT2D eigenvalue weighted by molar-refractivity contribution is 0.665. The second-order valence-corrected chi connectivity index (χ2v) is 6.14. The monoisotopic (exact) mass is 294 g/mol. The van der Waals surface area contributed by atoms with Crippen molar-refractivity contribution in [3.8, 4) is 5.69 Å². The third-order valence-electron chi connectivity index (χ3n) is 3.22. The molecule has 0 aliphatic carbocycles. The van der Waals surface area contributed by atoms with E-state index in [0.29, 0.717) is 11.1 Å². The summed E-state index contributed by atoms with van der Waals surface area (Å²) in [4.78, 5) is 3.99. The Hall–Kier alpha value is -1.20. The Kier molecular flexibility index (Phi) is 3.94. The number of nitrogens with one attached hydrogen (secondary N) is 1. The van der Waals surface area contributed by atoms with Crippen molar-refractivity contribution in [3.05, 3.63) is 35.9 Å². The SMILES string of the molecule is Clc1cccc(NC2CCSCC2)c1-n1cncn1. The smallest absolute Gasteiger partial charge is 0.138 e. The van der Waals surface area contributed by atoms with Crippen molar-refractivity contribution >= 4 is 29.1 Å². The molecule has 4 nitrogen and oxygen atoms in total. The molecule has 100 valence electrons. The Balaban J connectivity index is 1.90. The van der Waals surface area contributed by atoms with E-state index in [2.05, 4.69) is 15.4 Å². The van der Waals surface area contributed by atoms with Gasteiger partial charge in [-0.1, -0.05) is 17.7 Å². The van der Waals surface area contributed by atoms with Crippen LogP contribution in [-0.2, 0) is 0 Å². The molecule has 0 saturated carbocycles. The van der Waals surface area contributed by atoms with Crippen molar-refractivity contribution in [3.63, 3.8) is 0 Å². The van der Waals surface area contributed by atoms with Gasteiger partial charge < -0.3 is 5.32 Å². The molecule has 1 aliphatic heterocycles. The lowest BCUT2D eigenvalue weighted by atomic mass is 10.1. The van der Waals surface area contributed by atoms with Gasteiger partial charge in [0.15, 0.2) is 0 Å². The molecule has 0 amide bonds. The van der Waals surface area contributed by atoms with Crippen LogP contribution in [0, 0.1) is 0 Å². The predicted molar refractivity (Wildman–Crippen MR) is 80.3 cm³/mol. The summed E-state index contributed by atoms with van der Waals surface area (Å²) in [5.41, 5.74) is 1.90. The second-order valence-electron chi connectivity index (χ2n) is 4.51. The Labute approximate surface area is 121 Å². The van der Waals surface area contributed by atoms with Gasteiger partial charge in [-0.05, 0) is 36.5 Å². The molecule has 1 saturated heterocycles. The largest absolute Gasteiger partial charge is 0.380 e. The zero-order chi connectivity index (χ0) is 13.1. The van der Waals surface area contributed by atoms with E-state index >= 15 is 0 Å². The molecule has 1 aliphatic rings. The first-order valence-corrected chi connectivity index (χ1v) is 7.85. The molecular weight excluding hydrogens is 280 g/mol. The molecule has 2 aromatic rings. The van der Waals surface area contributed by atoms with E-state index in [1.54, 1.807) is 11.0 Å². The predicted octanol–water partition coefficient (Wildman–Crippen LogP) is 3.23. The molecule has 0 unspecified atom stereocenters. The van der Waals surface area contributed by atoms with Crippen LogP contribution in [0.4, 0.5) is 5.69 Å². The Morgan fingerprint density at radius 1 is 1.32 bits per heavy atom. The van der Waals surface area contributed by atoms with Crippen molar-refractivity contribution in [1.82, 2.24) is 14.8 Å². The number of para-hydroxylation sites is 1. The number of nitrogens with zero attached hydrogens (tertiary/aromatic N) is 3. The summed E-state index contributed by atoms with van der Waals surface area (Å²) in [6, 6.07) is 6.40. The number of aromatic nitrogens is 3. The number of hydrogen-bond donors (Lipinski definition) is 1. The van der Waals surface area contributed by atoms with E-state index in [-0.39, 0.29) is 0 Å². The van der Waals surface area contributed by atoms with Crippen LogP contribution in [0.15, 0.2) is 30.9 Å². The summed E-state index contributed by atoms with van der Waals surface area (Å²) in [5.74, 6) is 2.44. The topological polar surface area (TPSA) is 42.7 Å². The Bertz CT molecular complexity index is 538. The molecule has 1 aromatic heterocycles. The molecule has 2 heterocycles. The minimum atomic E-state index is 0.516. The fourth-order valence-corrected chi connectivity index (χ4v) is 3.62.